The summed E-state index contributed by atoms with van der Waals surface area (Å²) < 4.78 is 14.9. The number of nitrogens with two attached hydrogens (primary N) is 1. The molecule has 0 bridgehead atoms. The lowest BCUT2D eigenvalue weighted by Crippen LogP contribution is -2.51. The van der Waals surface area contributed by atoms with E-state index >= 15 is 0 Å². The van der Waals surface area contributed by atoms with E-state index in [0.717, 1.165) is 5.56 Å². The molecule has 0 radical (unpaired) electrons. The van der Waals surface area contributed by atoms with E-state index in [-0.39, 0.29) is 37.2 Å². The zero-order valence-corrected chi connectivity index (χ0v) is 22.9. The molecular weight excluding hydrogens is 508 g/mol. The molecule has 2 rings (SSSR count). The van der Waals surface area contributed by atoms with Crippen LogP contribution in [0.3, 0.4) is 0 Å². The number of amides is 2. The number of rotatable bonds is 12. The number of nitrogens with zero attached hydrogens (tertiary/aromatic N) is 1. The number of esters is 2. The Morgan fingerprint density at radius 1 is 1.08 bits per heavy atom. The standard InChI is InChI=1S/C27H40N4O8/c1-5-18(6-2)23(29-16(4)32)22-20(14-19(24(22)34)25(35)37-7-3)30-26(28)31-27(36)39-15-38-21(33)13-17-11-9-8-10-12-17/h8-12,18-20,22-24,34H,5-7,13-15H2,1-4H3,(H,29,32)(H3,28,30,31,36)/t19-,20+,22+,23?,24+/m0/s1. The smallest absolute Gasteiger partial charge is 0.416 e. The normalized spacial score (nSPS) is 21.6. The van der Waals surface area contributed by atoms with Gasteiger partial charge in [0, 0.05) is 18.9 Å². The van der Waals surface area contributed by atoms with E-state index in [9.17, 15) is 24.3 Å². The summed E-state index contributed by atoms with van der Waals surface area (Å²) in [7, 11) is 0. The van der Waals surface area contributed by atoms with Crippen molar-refractivity contribution in [1.29, 1.82) is 0 Å². The Kier molecular flexibility index (Phi) is 12.7. The van der Waals surface area contributed by atoms with Crippen molar-refractivity contribution in [3.8, 4) is 0 Å². The number of aliphatic imine (C=N–C) groups is 1. The lowest BCUT2D eigenvalue weighted by molar-refractivity contribution is -0.152. The molecule has 12 nitrogen and oxygen atoms in total. The molecule has 1 aromatic carbocycles. The quantitative estimate of drug-likeness (QED) is 0.131. The van der Waals surface area contributed by atoms with E-state index < -0.39 is 54.8 Å². The number of hydrogen-bond donors (Lipinski definition) is 4. The van der Waals surface area contributed by atoms with Gasteiger partial charge < -0.3 is 30.4 Å². The SMILES string of the molecule is CCOC(=O)[C@H]1C[C@@H](N=C(N)NC(=O)OCOC(=O)Cc2ccccc2)[C@H](C(NC(C)=O)C(CC)CC)[C@@H]1O. The number of aliphatic hydroxyl groups is 1. The summed E-state index contributed by atoms with van der Waals surface area (Å²) in [5, 5.41) is 16.4. The highest BCUT2D eigenvalue weighted by Crippen LogP contribution is 2.40. The van der Waals surface area contributed by atoms with E-state index in [0.29, 0.717) is 12.8 Å². The van der Waals surface area contributed by atoms with E-state index in [1.54, 1.807) is 31.2 Å². The van der Waals surface area contributed by atoms with Crippen LogP contribution in [0, 0.1) is 17.8 Å². The van der Waals surface area contributed by atoms with Crippen LogP contribution in [0.5, 0.6) is 0 Å². The third-order valence-electron chi connectivity index (χ3n) is 6.81. The summed E-state index contributed by atoms with van der Waals surface area (Å²) in [6.07, 6.45) is -0.593. The second-order valence-electron chi connectivity index (χ2n) is 9.40. The summed E-state index contributed by atoms with van der Waals surface area (Å²) >= 11 is 0. The Morgan fingerprint density at radius 3 is 2.33 bits per heavy atom. The Labute approximate surface area is 228 Å². The lowest BCUT2D eigenvalue weighted by atomic mass is 9.80. The van der Waals surface area contributed by atoms with Crippen LogP contribution in [0.25, 0.3) is 0 Å². The van der Waals surface area contributed by atoms with E-state index in [1.807, 2.05) is 19.9 Å². The number of hydrogen-bond acceptors (Lipinski definition) is 9. The molecule has 1 unspecified atom stereocenters. The number of alkyl carbamates (subject to hydrolysis) is 1. The van der Waals surface area contributed by atoms with Gasteiger partial charge >= 0.3 is 18.0 Å². The summed E-state index contributed by atoms with van der Waals surface area (Å²) in [6, 6.07) is 7.74. The van der Waals surface area contributed by atoms with Crippen LogP contribution in [-0.4, -0.2) is 66.6 Å². The highest BCUT2D eigenvalue weighted by atomic mass is 16.7. The van der Waals surface area contributed by atoms with Crippen molar-refractivity contribution >= 4 is 29.9 Å². The topological polar surface area (TPSA) is 179 Å². The number of ether oxygens (including phenoxy) is 3. The van der Waals surface area contributed by atoms with Gasteiger partial charge in [-0.3, -0.25) is 19.7 Å². The first-order valence-electron chi connectivity index (χ1n) is 13.2. The minimum absolute atomic E-state index is 0.00286. The van der Waals surface area contributed by atoms with E-state index in [4.69, 9.17) is 19.9 Å². The van der Waals surface area contributed by atoms with Crippen molar-refractivity contribution < 1.29 is 38.5 Å². The maximum atomic E-state index is 12.6. The molecule has 0 saturated heterocycles. The largest absolute Gasteiger partial charge is 0.466 e. The van der Waals surface area contributed by atoms with Crippen LogP contribution in [-0.2, 0) is 35.0 Å². The summed E-state index contributed by atoms with van der Waals surface area (Å²) in [5.41, 5.74) is 6.72. The fourth-order valence-corrected chi connectivity index (χ4v) is 5.00. The number of benzene rings is 1. The number of carbonyl (C=O) groups excluding carboxylic acids is 4. The first-order valence-corrected chi connectivity index (χ1v) is 13.2. The van der Waals surface area contributed by atoms with Gasteiger partial charge in [0.15, 0.2) is 5.96 Å². The Hall–Kier alpha value is -3.67. The first-order chi connectivity index (χ1) is 18.6. The first kappa shape index (κ1) is 31.5. The molecule has 0 aromatic heterocycles. The minimum atomic E-state index is -1.15. The van der Waals surface area contributed by atoms with Gasteiger partial charge in [-0.05, 0) is 24.8 Å². The highest BCUT2D eigenvalue weighted by Gasteiger charge is 2.51. The molecule has 216 valence electrons. The average molecular weight is 549 g/mol. The summed E-state index contributed by atoms with van der Waals surface area (Å²) in [6.45, 7) is 6.53. The second-order valence-corrected chi connectivity index (χ2v) is 9.40. The van der Waals surface area contributed by atoms with Gasteiger partial charge in [-0.25, -0.2) is 9.79 Å². The molecular formula is C27H40N4O8. The Bertz CT molecular complexity index is 999. The lowest BCUT2D eigenvalue weighted by Gasteiger charge is -2.35. The van der Waals surface area contributed by atoms with Crippen molar-refractivity contribution in [2.45, 2.75) is 71.6 Å². The molecule has 2 amide bonds. The highest BCUT2D eigenvalue weighted by molar-refractivity contribution is 5.93. The molecule has 1 fully saturated rings. The van der Waals surface area contributed by atoms with Crippen LogP contribution >= 0.6 is 0 Å². The van der Waals surface area contributed by atoms with Crippen molar-refractivity contribution in [2.24, 2.45) is 28.5 Å². The van der Waals surface area contributed by atoms with Gasteiger partial charge in [-0.2, -0.15) is 0 Å². The van der Waals surface area contributed by atoms with Gasteiger partial charge in [-0.1, -0.05) is 57.0 Å². The van der Waals surface area contributed by atoms with Gasteiger partial charge in [0.25, 0.3) is 0 Å². The van der Waals surface area contributed by atoms with Crippen LogP contribution < -0.4 is 16.4 Å². The fraction of sp³-hybridized carbons (Fsp3) is 0.593. The number of carbonyl (C=O) groups is 4. The molecule has 1 aliphatic carbocycles. The van der Waals surface area contributed by atoms with E-state index in [1.165, 1.54) is 6.92 Å². The third kappa shape index (κ3) is 9.54. The summed E-state index contributed by atoms with van der Waals surface area (Å²) in [5.74, 6) is -3.28. The maximum Gasteiger partial charge on any atom is 0.416 e. The van der Waals surface area contributed by atoms with Gasteiger partial charge in [0.05, 0.1) is 31.1 Å². The van der Waals surface area contributed by atoms with Crippen LogP contribution in [0.2, 0.25) is 0 Å². The zero-order chi connectivity index (χ0) is 28.9. The van der Waals surface area contributed by atoms with Gasteiger partial charge in [-0.15, -0.1) is 0 Å². The number of aliphatic hydroxyl groups excluding tert-OH is 1. The molecule has 0 spiro atoms. The fourth-order valence-electron chi connectivity index (χ4n) is 5.00. The van der Waals surface area contributed by atoms with Gasteiger partial charge in [0.1, 0.15) is 0 Å². The molecule has 1 aliphatic rings. The van der Waals surface area contributed by atoms with Crippen LogP contribution in [0.1, 0.15) is 52.5 Å². The van der Waals surface area contributed by atoms with Crippen molar-refractivity contribution in [2.75, 3.05) is 13.4 Å². The minimum Gasteiger partial charge on any atom is -0.466 e. The molecule has 0 aliphatic heterocycles. The van der Waals surface area contributed by atoms with Crippen LogP contribution in [0.15, 0.2) is 35.3 Å². The predicted octanol–water partition coefficient (Wildman–Crippen LogP) is 1.64. The second kappa shape index (κ2) is 15.7. The molecule has 0 heterocycles. The van der Waals surface area contributed by atoms with Crippen LogP contribution in [0.4, 0.5) is 4.79 Å². The van der Waals surface area contributed by atoms with Crippen molar-refractivity contribution in [3.63, 3.8) is 0 Å². The molecule has 12 heteroatoms. The zero-order valence-electron chi connectivity index (χ0n) is 22.9. The van der Waals surface area contributed by atoms with Gasteiger partial charge in [0.2, 0.25) is 12.7 Å². The Morgan fingerprint density at radius 2 is 1.74 bits per heavy atom. The Balaban J connectivity index is 2.09. The van der Waals surface area contributed by atoms with Crippen molar-refractivity contribution in [1.82, 2.24) is 10.6 Å². The molecule has 5 atom stereocenters. The molecule has 1 aromatic rings. The molecule has 5 N–H and O–H groups in total. The number of guanidine groups is 1. The number of nitrogens with one attached hydrogen (secondary N) is 2. The van der Waals surface area contributed by atoms with E-state index in [2.05, 4.69) is 15.6 Å². The monoisotopic (exact) mass is 548 g/mol. The summed E-state index contributed by atoms with van der Waals surface area (Å²) in [4.78, 5) is 53.1. The predicted molar refractivity (Wildman–Crippen MR) is 142 cm³/mol. The maximum absolute atomic E-state index is 12.6. The average Bonchev–Trinajstić information content (AvgIpc) is 3.19. The third-order valence-corrected chi connectivity index (χ3v) is 6.81. The van der Waals surface area contributed by atoms with Crippen molar-refractivity contribution in [3.05, 3.63) is 35.9 Å². The molecule has 39 heavy (non-hydrogen) atoms. The molecule has 1 saturated carbocycles.